The number of amides is 4. The lowest BCUT2D eigenvalue weighted by Crippen LogP contribution is -2.57. The second kappa shape index (κ2) is 16.1. The van der Waals surface area contributed by atoms with Crippen LogP contribution < -0.4 is 10.6 Å². The molecule has 2 aromatic carbocycles. The molecule has 2 aliphatic heterocycles. The van der Waals surface area contributed by atoms with E-state index in [0.717, 1.165) is 36.8 Å². The van der Waals surface area contributed by atoms with Crippen LogP contribution in [0.3, 0.4) is 0 Å². The molecule has 0 unspecified atom stereocenters. The molecular formula is C41H45N7O6S2. The fourth-order valence-corrected chi connectivity index (χ4v) is 9.00. The monoisotopic (exact) mass is 795 g/mol. The first-order valence-corrected chi connectivity index (χ1v) is 20.3. The molecular weight excluding hydrogens is 751 g/mol. The number of aromatic hydroxyl groups is 1. The number of benzene rings is 2. The van der Waals surface area contributed by atoms with E-state index in [0.29, 0.717) is 24.3 Å². The highest BCUT2D eigenvalue weighted by Gasteiger charge is 2.44. The van der Waals surface area contributed by atoms with Crippen LogP contribution in [0.1, 0.15) is 62.1 Å². The molecule has 15 heteroatoms. The lowest BCUT2D eigenvalue weighted by Gasteiger charge is -2.39. The highest BCUT2D eigenvalue weighted by Crippen LogP contribution is 2.37. The zero-order chi connectivity index (χ0) is 39.7. The van der Waals surface area contributed by atoms with Gasteiger partial charge < -0.3 is 30.6 Å². The summed E-state index contributed by atoms with van der Waals surface area (Å²) in [5, 5.41) is 36.1. The number of aliphatic hydroxyl groups excluding tert-OH is 1. The van der Waals surface area contributed by atoms with Gasteiger partial charge in [-0.25, -0.2) is 4.98 Å². The second-order valence-corrected chi connectivity index (χ2v) is 17.5. The Bertz CT molecular complexity index is 2260. The molecule has 0 radical (unpaired) electrons. The van der Waals surface area contributed by atoms with Crippen LogP contribution in [0.4, 0.5) is 0 Å². The van der Waals surface area contributed by atoms with Crippen LogP contribution in [-0.2, 0) is 25.7 Å². The van der Waals surface area contributed by atoms with Gasteiger partial charge in [0.2, 0.25) is 23.6 Å². The fraction of sp³-hybridized carbons (Fsp3) is 0.390. The van der Waals surface area contributed by atoms with Crippen LogP contribution in [0.2, 0.25) is 0 Å². The van der Waals surface area contributed by atoms with Gasteiger partial charge in [-0.15, -0.1) is 32.9 Å². The minimum absolute atomic E-state index is 0.0102. The van der Waals surface area contributed by atoms with Crippen LogP contribution in [0.5, 0.6) is 5.75 Å². The van der Waals surface area contributed by atoms with E-state index < -0.39 is 35.4 Å². The van der Waals surface area contributed by atoms with Crippen molar-refractivity contribution >= 4 is 56.5 Å². The van der Waals surface area contributed by atoms with Gasteiger partial charge in [0, 0.05) is 67.2 Å². The number of para-hydroxylation sites is 1. The summed E-state index contributed by atoms with van der Waals surface area (Å²) in [7, 11) is 0. The molecule has 5 heterocycles. The van der Waals surface area contributed by atoms with Crippen LogP contribution >= 0.6 is 22.7 Å². The van der Waals surface area contributed by atoms with Crippen molar-refractivity contribution in [2.45, 2.75) is 77.6 Å². The lowest BCUT2D eigenvalue weighted by atomic mass is 9.85. The number of aliphatic hydroxyl groups is 1. The Morgan fingerprint density at radius 2 is 1.73 bits per heavy atom. The van der Waals surface area contributed by atoms with Gasteiger partial charge in [0.15, 0.2) is 0 Å². The van der Waals surface area contributed by atoms with Gasteiger partial charge in [0.1, 0.15) is 22.7 Å². The number of phenols is 1. The third-order valence-corrected chi connectivity index (χ3v) is 12.6. The number of nitrogens with zero attached hydrogens (tertiary/aromatic N) is 5. The zero-order valence-electron chi connectivity index (χ0n) is 31.7. The molecule has 7 rings (SSSR count). The highest BCUT2D eigenvalue weighted by atomic mass is 32.1. The van der Waals surface area contributed by atoms with Gasteiger partial charge >= 0.3 is 0 Å². The first kappa shape index (κ1) is 39.0. The number of β-amino-alcohol motifs (C(OH)–C–C–N with tert-alkyl or cyclic N) is 1. The van der Waals surface area contributed by atoms with E-state index in [2.05, 4.69) is 31.9 Å². The molecule has 0 saturated carbocycles. The topological polar surface area (TPSA) is 178 Å². The molecule has 0 spiro atoms. The van der Waals surface area contributed by atoms with Crippen molar-refractivity contribution < 1.29 is 29.4 Å². The van der Waals surface area contributed by atoms with Crippen molar-refractivity contribution in [2.75, 3.05) is 19.6 Å². The number of aromatic nitrogens is 3. The summed E-state index contributed by atoms with van der Waals surface area (Å²) in [6, 6.07) is 16.9. The Morgan fingerprint density at radius 3 is 2.43 bits per heavy atom. The number of carbonyl (C=O) groups excluding carboxylic acids is 4. The maximum absolute atomic E-state index is 14.0. The van der Waals surface area contributed by atoms with Crippen molar-refractivity contribution in [3.05, 3.63) is 82.3 Å². The number of phenolic OH excluding ortho intramolecular Hbond substituents is 1. The van der Waals surface area contributed by atoms with Crippen LogP contribution in [0, 0.1) is 12.3 Å². The molecule has 2 saturated heterocycles. The minimum atomic E-state index is -0.982. The Labute approximate surface area is 332 Å². The molecule has 56 heavy (non-hydrogen) atoms. The van der Waals surface area contributed by atoms with Gasteiger partial charge in [0.05, 0.1) is 27.9 Å². The van der Waals surface area contributed by atoms with Gasteiger partial charge in [-0.2, -0.15) is 0 Å². The van der Waals surface area contributed by atoms with Gasteiger partial charge in [-0.1, -0.05) is 57.2 Å². The number of likely N-dealkylation sites (tertiary alicyclic amines) is 2. The number of carbonyl (C=O) groups is 4. The number of nitrogens with one attached hydrogen (secondary N) is 2. The van der Waals surface area contributed by atoms with E-state index in [9.17, 15) is 29.4 Å². The van der Waals surface area contributed by atoms with E-state index in [4.69, 9.17) is 0 Å². The summed E-state index contributed by atoms with van der Waals surface area (Å²) < 4.78 is 0. The largest absolute Gasteiger partial charge is 0.507 e. The summed E-state index contributed by atoms with van der Waals surface area (Å²) in [5.74, 6) is -1.14. The normalized spacial score (nSPS) is 17.8. The summed E-state index contributed by atoms with van der Waals surface area (Å²) in [6.45, 7) is 8.71. The number of thiophene rings is 1. The summed E-state index contributed by atoms with van der Waals surface area (Å²) in [5.41, 5.74) is 5.18. The maximum atomic E-state index is 14.0. The summed E-state index contributed by atoms with van der Waals surface area (Å²) in [4.78, 5) is 64.1. The van der Waals surface area contributed by atoms with E-state index >= 15 is 0 Å². The predicted molar refractivity (Wildman–Crippen MR) is 215 cm³/mol. The average Bonchev–Trinajstić information content (AvgIpc) is 3.88. The SMILES string of the molecule is Cc1ncsc1-c1ccc(CNC(=O)[C@@H]2C[C@@H](O)CN2C(=O)[C@@H](NC(=O)CCC(=O)N2CC(c3cc4cc(-c5ccccc5O)nnc4s3)C2)C(C)(C)C)cc1. The molecule has 3 atom stereocenters. The number of hydrogen-bond donors (Lipinski definition) is 4. The zero-order valence-corrected chi connectivity index (χ0v) is 33.3. The van der Waals surface area contributed by atoms with Crippen LogP contribution in [-0.4, -0.2) is 96.6 Å². The van der Waals surface area contributed by atoms with Crippen LogP contribution in [0.15, 0.2) is 66.2 Å². The third-order valence-electron chi connectivity index (χ3n) is 10.4. The summed E-state index contributed by atoms with van der Waals surface area (Å²) >= 11 is 3.10. The lowest BCUT2D eigenvalue weighted by molar-refractivity contribution is -0.144. The molecule has 4 amide bonds. The van der Waals surface area contributed by atoms with Crippen molar-refractivity contribution in [3.8, 4) is 27.4 Å². The Balaban J connectivity index is 0.905. The van der Waals surface area contributed by atoms with Crippen LogP contribution in [0.25, 0.3) is 31.9 Å². The molecule has 2 fully saturated rings. The quantitative estimate of drug-likeness (QED) is 0.143. The van der Waals surface area contributed by atoms with Gasteiger partial charge in [-0.05, 0) is 47.7 Å². The summed E-state index contributed by atoms with van der Waals surface area (Å²) in [6.07, 6.45) is -0.899. The molecule has 0 aliphatic carbocycles. The number of rotatable bonds is 11. The van der Waals surface area contributed by atoms with Gasteiger partial charge in [-0.3, -0.25) is 19.2 Å². The average molecular weight is 796 g/mol. The third kappa shape index (κ3) is 8.44. The Kier molecular flexibility index (Phi) is 11.2. The van der Waals surface area contributed by atoms with Crippen molar-refractivity contribution in [3.63, 3.8) is 0 Å². The number of fused-ring (bicyclic) bond motifs is 1. The molecule has 4 N–H and O–H groups in total. The van der Waals surface area contributed by atoms with Crippen molar-refractivity contribution in [2.24, 2.45) is 5.41 Å². The number of thiazole rings is 1. The standard InChI is InChI=1S/C41H45N7O6S2/c1-23-36(55-22-43-23)25-11-9-24(10-12-25)18-42-38(53)31-17-28(49)21-48(31)40(54)37(41(2,3)4)44-34(51)13-14-35(52)47-19-27(20-47)33-16-26-15-30(45-46-39(26)56-33)29-7-5-6-8-32(29)50/h5-12,15-16,22,27-28,31,37,49-50H,13-14,17-21H2,1-4H3,(H,42,53)(H,44,51)/t28-,31+,37-/m1/s1. The second-order valence-electron chi connectivity index (χ2n) is 15.6. The number of aryl methyl sites for hydroxylation is 1. The first-order valence-electron chi connectivity index (χ1n) is 18.6. The molecule has 2 aliphatic rings. The fourth-order valence-electron chi connectivity index (χ4n) is 7.15. The first-order chi connectivity index (χ1) is 26.7. The Hall–Kier alpha value is -5.25. The van der Waals surface area contributed by atoms with E-state index in [-0.39, 0.29) is 55.8 Å². The molecule has 292 valence electrons. The maximum Gasteiger partial charge on any atom is 0.246 e. The van der Waals surface area contributed by atoms with E-state index in [1.54, 1.807) is 34.4 Å². The minimum Gasteiger partial charge on any atom is -0.507 e. The molecule has 13 nitrogen and oxygen atoms in total. The molecule has 3 aromatic heterocycles. The van der Waals surface area contributed by atoms with E-state index in [1.165, 1.54) is 16.2 Å². The smallest absolute Gasteiger partial charge is 0.246 e. The molecule has 0 bridgehead atoms. The predicted octanol–water partition coefficient (Wildman–Crippen LogP) is 5.01. The molecule has 5 aromatic rings. The Morgan fingerprint density at radius 1 is 0.982 bits per heavy atom. The van der Waals surface area contributed by atoms with E-state index in [1.807, 2.05) is 69.6 Å². The van der Waals surface area contributed by atoms with Gasteiger partial charge in [0.25, 0.3) is 0 Å². The van der Waals surface area contributed by atoms with Crippen molar-refractivity contribution in [1.29, 1.82) is 0 Å². The van der Waals surface area contributed by atoms with Crippen molar-refractivity contribution in [1.82, 2.24) is 35.6 Å². The highest BCUT2D eigenvalue weighted by molar-refractivity contribution is 7.18. The number of hydrogen-bond acceptors (Lipinski definition) is 11.